The molecule has 0 spiro atoms. The van der Waals surface area contributed by atoms with Crippen molar-refractivity contribution in [1.82, 2.24) is 14.9 Å². The maximum Gasteiger partial charge on any atom is 0.253 e. The van der Waals surface area contributed by atoms with Gasteiger partial charge in [0.25, 0.3) is 5.56 Å². The van der Waals surface area contributed by atoms with Crippen molar-refractivity contribution < 1.29 is 4.74 Å². The van der Waals surface area contributed by atoms with Crippen LogP contribution in [-0.4, -0.2) is 28.7 Å². The van der Waals surface area contributed by atoms with E-state index in [-0.39, 0.29) is 11.7 Å². The molecule has 1 saturated heterocycles. The highest BCUT2D eigenvalue weighted by Crippen LogP contribution is 2.37. The summed E-state index contributed by atoms with van der Waals surface area (Å²) in [6.07, 6.45) is 4.40. The Morgan fingerprint density at radius 3 is 2.75 bits per heavy atom. The van der Waals surface area contributed by atoms with Gasteiger partial charge < -0.3 is 19.6 Å². The van der Waals surface area contributed by atoms with E-state index in [1.54, 1.807) is 11.6 Å². The zero-order chi connectivity index (χ0) is 19.8. The van der Waals surface area contributed by atoms with E-state index in [1.165, 1.54) is 10.9 Å². The van der Waals surface area contributed by atoms with E-state index >= 15 is 0 Å². The first-order valence-electron chi connectivity index (χ1n) is 10.1. The number of piperidine rings is 1. The molecule has 4 rings (SSSR count). The summed E-state index contributed by atoms with van der Waals surface area (Å²) < 4.78 is 7.90. The molecule has 1 fully saturated rings. The van der Waals surface area contributed by atoms with Gasteiger partial charge in [0.15, 0.2) is 0 Å². The summed E-state index contributed by atoms with van der Waals surface area (Å²) in [5, 5.41) is 4.60. The number of hydrogen-bond acceptors (Lipinski definition) is 3. The van der Waals surface area contributed by atoms with E-state index in [4.69, 9.17) is 4.74 Å². The smallest absolute Gasteiger partial charge is 0.253 e. The van der Waals surface area contributed by atoms with Crippen molar-refractivity contribution in [2.24, 2.45) is 7.05 Å². The van der Waals surface area contributed by atoms with Crippen molar-refractivity contribution in [1.29, 1.82) is 0 Å². The number of rotatable bonds is 4. The van der Waals surface area contributed by atoms with Gasteiger partial charge in [0.05, 0.1) is 5.69 Å². The maximum atomic E-state index is 12.1. The molecular formula is C23H29N3O2. The van der Waals surface area contributed by atoms with Crippen LogP contribution in [0.5, 0.6) is 5.75 Å². The summed E-state index contributed by atoms with van der Waals surface area (Å²) in [6.45, 7) is 8.27. The van der Waals surface area contributed by atoms with Crippen LogP contribution in [0.2, 0.25) is 0 Å². The third kappa shape index (κ3) is 3.47. The van der Waals surface area contributed by atoms with E-state index in [1.807, 2.05) is 25.3 Å². The second-order valence-electron chi connectivity index (χ2n) is 8.19. The average Bonchev–Trinajstić information content (AvgIpc) is 3.05. The van der Waals surface area contributed by atoms with Crippen molar-refractivity contribution in [3.63, 3.8) is 0 Å². The molecule has 2 aromatic heterocycles. The summed E-state index contributed by atoms with van der Waals surface area (Å²) >= 11 is 0. The molecule has 0 amide bonds. The number of aromatic amines is 1. The van der Waals surface area contributed by atoms with Crippen LogP contribution >= 0.6 is 0 Å². The number of ether oxygens (including phenoxy) is 1. The lowest BCUT2D eigenvalue weighted by molar-refractivity contribution is 0.167. The third-order valence-corrected chi connectivity index (χ3v) is 5.59. The Morgan fingerprint density at radius 2 is 2.07 bits per heavy atom. The number of H-pyrrole nitrogens is 1. The Bertz CT molecular complexity index is 1030. The summed E-state index contributed by atoms with van der Waals surface area (Å²) in [5.74, 6) is 1.26. The predicted molar refractivity (Wildman–Crippen MR) is 114 cm³/mol. The molecule has 1 aliphatic heterocycles. The molecule has 1 aromatic carbocycles. The largest absolute Gasteiger partial charge is 0.489 e. The first kappa shape index (κ1) is 18.8. The fraction of sp³-hybridized carbons (Fsp3) is 0.435. The van der Waals surface area contributed by atoms with Crippen molar-refractivity contribution in [2.45, 2.75) is 45.6 Å². The molecule has 2 N–H and O–H groups in total. The zero-order valence-corrected chi connectivity index (χ0v) is 17.1. The minimum Gasteiger partial charge on any atom is -0.489 e. The van der Waals surface area contributed by atoms with Gasteiger partial charge in [-0.1, -0.05) is 13.8 Å². The monoisotopic (exact) mass is 379 g/mol. The van der Waals surface area contributed by atoms with E-state index in [0.717, 1.165) is 54.0 Å². The van der Waals surface area contributed by atoms with E-state index in [0.29, 0.717) is 5.92 Å². The number of hydrogen-bond donors (Lipinski definition) is 2. The van der Waals surface area contributed by atoms with Gasteiger partial charge in [0, 0.05) is 41.8 Å². The highest BCUT2D eigenvalue weighted by molar-refractivity contribution is 5.92. The molecule has 28 heavy (non-hydrogen) atoms. The second-order valence-corrected chi connectivity index (χ2v) is 8.19. The van der Waals surface area contributed by atoms with Gasteiger partial charge in [-0.15, -0.1) is 0 Å². The normalized spacial score (nSPS) is 17.4. The van der Waals surface area contributed by atoms with Gasteiger partial charge in [-0.3, -0.25) is 4.79 Å². The molecule has 0 radical (unpaired) electrons. The van der Waals surface area contributed by atoms with Crippen LogP contribution in [0.15, 0.2) is 35.3 Å². The minimum absolute atomic E-state index is 0.0442. The van der Waals surface area contributed by atoms with Crippen LogP contribution in [0.4, 0.5) is 0 Å². The molecule has 1 atom stereocenters. The van der Waals surface area contributed by atoms with E-state index < -0.39 is 0 Å². The highest BCUT2D eigenvalue weighted by atomic mass is 16.5. The predicted octanol–water partition coefficient (Wildman–Crippen LogP) is 4.10. The Balaban J connectivity index is 1.79. The summed E-state index contributed by atoms with van der Waals surface area (Å²) in [6, 6.07) is 8.29. The molecule has 0 unspecified atom stereocenters. The lowest BCUT2D eigenvalue weighted by Crippen LogP contribution is -2.37. The SMILES string of the molecule is Cc1cc(-c2[nH]c3ccc(O[C@H]4CCCNC4)cc3c2C(C)C)cn(C)c1=O. The fourth-order valence-electron chi connectivity index (χ4n) is 4.22. The first-order chi connectivity index (χ1) is 13.4. The van der Waals surface area contributed by atoms with Crippen LogP contribution in [0, 0.1) is 6.92 Å². The van der Waals surface area contributed by atoms with Gasteiger partial charge in [-0.25, -0.2) is 0 Å². The average molecular weight is 380 g/mol. The topological polar surface area (TPSA) is 59.0 Å². The molecule has 5 heteroatoms. The number of nitrogens with one attached hydrogen (secondary N) is 2. The summed E-state index contributed by atoms with van der Waals surface area (Å²) in [4.78, 5) is 15.7. The second kappa shape index (κ2) is 7.47. The molecule has 1 aliphatic rings. The van der Waals surface area contributed by atoms with Crippen molar-refractivity contribution in [2.75, 3.05) is 13.1 Å². The summed E-state index contributed by atoms with van der Waals surface area (Å²) in [5.41, 5.74) is 5.28. The molecule has 3 heterocycles. The number of benzene rings is 1. The quantitative estimate of drug-likeness (QED) is 0.718. The maximum absolute atomic E-state index is 12.1. The molecule has 0 saturated carbocycles. The van der Waals surface area contributed by atoms with Crippen LogP contribution in [0.25, 0.3) is 22.2 Å². The molecule has 148 valence electrons. The Hall–Kier alpha value is -2.53. The van der Waals surface area contributed by atoms with Crippen LogP contribution in [0.1, 0.15) is 43.7 Å². The third-order valence-electron chi connectivity index (χ3n) is 5.59. The van der Waals surface area contributed by atoms with Crippen LogP contribution in [0.3, 0.4) is 0 Å². The van der Waals surface area contributed by atoms with Crippen molar-refractivity contribution >= 4 is 10.9 Å². The van der Waals surface area contributed by atoms with Crippen LogP contribution in [-0.2, 0) is 7.05 Å². The van der Waals surface area contributed by atoms with Crippen molar-refractivity contribution in [3.05, 3.63) is 51.9 Å². The zero-order valence-electron chi connectivity index (χ0n) is 17.1. The number of aryl methyl sites for hydroxylation is 2. The molecule has 0 bridgehead atoms. The Labute approximate surface area is 165 Å². The van der Waals surface area contributed by atoms with Gasteiger partial charge in [0.1, 0.15) is 11.9 Å². The van der Waals surface area contributed by atoms with Gasteiger partial charge in [-0.2, -0.15) is 0 Å². The lowest BCUT2D eigenvalue weighted by Gasteiger charge is -2.24. The fourth-order valence-corrected chi connectivity index (χ4v) is 4.22. The Kier molecular flexibility index (Phi) is 5.02. The lowest BCUT2D eigenvalue weighted by atomic mass is 9.96. The van der Waals surface area contributed by atoms with Crippen molar-refractivity contribution in [3.8, 4) is 17.0 Å². The van der Waals surface area contributed by atoms with Gasteiger partial charge in [0.2, 0.25) is 0 Å². The first-order valence-corrected chi connectivity index (χ1v) is 10.1. The number of nitrogens with zero attached hydrogens (tertiary/aromatic N) is 1. The number of pyridine rings is 1. The van der Waals surface area contributed by atoms with Crippen LogP contribution < -0.4 is 15.6 Å². The molecule has 5 nitrogen and oxygen atoms in total. The Morgan fingerprint density at radius 1 is 1.25 bits per heavy atom. The van der Waals surface area contributed by atoms with E-state index in [2.05, 4.69) is 36.3 Å². The molecular weight excluding hydrogens is 350 g/mol. The van der Waals surface area contributed by atoms with Gasteiger partial charge >= 0.3 is 0 Å². The molecule has 0 aliphatic carbocycles. The number of fused-ring (bicyclic) bond motifs is 1. The highest BCUT2D eigenvalue weighted by Gasteiger charge is 2.19. The van der Waals surface area contributed by atoms with Gasteiger partial charge in [-0.05, 0) is 62.1 Å². The number of aromatic nitrogens is 2. The van der Waals surface area contributed by atoms with E-state index in [9.17, 15) is 4.79 Å². The molecule has 3 aromatic rings. The standard InChI is InChI=1S/C23H29N3O2/c1-14(2)21-19-11-17(28-18-6-5-9-24-12-18)7-8-20(19)25-22(21)16-10-15(3)23(27)26(4)13-16/h7-8,10-11,13-14,18,24-25H,5-6,9,12H2,1-4H3/t18-/m0/s1. The minimum atomic E-state index is 0.0442. The summed E-state index contributed by atoms with van der Waals surface area (Å²) in [7, 11) is 1.81.